The minimum Gasteiger partial charge on any atom is -0.337 e. The van der Waals surface area contributed by atoms with E-state index in [1.807, 2.05) is 49.1 Å². The van der Waals surface area contributed by atoms with E-state index in [-0.39, 0.29) is 0 Å². The van der Waals surface area contributed by atoms with Gasteiger partial charge >= 0.3 is 0 Å². The maximum Gasteiger partial charge on any atom is 0.122 e. The van der Waals surface area contributed by atoms with Crippen LogP contribution in [0.25, 0.3) is 0 Å². The van der Waals surface area contributed by atoms with Crippen LogP contribution in [-0.4, -0.2) is 21.5 Å². The lowest BCUT2D eigenvalue weighted by atomic mass is 10.1. The first kappa shape index (κ1) is 12.3. The lowest BCUT2D eigenvalue weighted by molar-refractivity contribution is 0.307. The molecule has 0 radical (unpaired) electrons. The molecule has 1 aromatic carbocycles. The van der Waals surface area contributed by atoms with E-state index in [4.69, 9.17) is 5.26 Å². The van der Waals surface area contributed by atoms with Gasteiger partial charge in [-0.3, -0.25) is 4.90 Å². The fourth-order valence-corrected chi connectivity index (χ4v) is 1.90. The first-order valence-electron chi connectivity index (χ1n) is 5.83. The molecule has 4 nitrogen and oxygen atoms in total. The molecule has 0 saturated carbocycles. The smallest absolute Gasteiger partial charge is 0.122 e. The number of hydrogen-bond acceptors (Lipinski definition) is 3. The van der Waals surface area contributed by atoms with Crippen LogP contribution in [-0.2, 0) is 20.1 Å². The summed E-state index contributed by atoms with van der Waals surface area (Å²) in [6, 6.07) is 9.92. The minimum atomic E-state index is 0.740. The second kappa shape index (κ2) is 5.48. The number of hydrogen-bond donors (Lipinski definition) is 0. The van der Waals surface area contributed by atoms with Crippen molar-refractivity contribution in [3.63, 3.8) is 0 Å². The summed E-state index contributed by atoms with van der Waals surface area (Å²) in [5, 5.41) is 9.05. The van der Waals surface area contributed by atoms with Crippen molar-refractivity contribution in [2.24, 2.45) is 7.05 Å². The van der Waals surface area contributed by atoms with Crippen LogP contribution in [0.15, 0.2) is 36.7 Å². The third kappa shape index (κ3) is 2.76. The van der Waals surface area contributed by atoms with Crippen molar-refractivity contribution < 1.29 is 0 Å². The summed E-state index contributed by atoms with van der Waals surface area (Å²) >= 11 is 0. The SMILES string of the molecule is CN(Cc1ccccc1C#N)Cc1nccn1C. The highest BCUT2D eigenvalue weighted by molar-refractivity contribution is 5.37. The topological polar surface area (TPSA) is 44.9 Å². The average molecular weight is 240 g/mol. The van der Waals surface area contributed by atoms with Gasteiger partial charge < -0.3 is 4.57 Å². The molecule has 0 N–H and O–H groups in total. The highest BCUT2D eigenvalue weighted by atomic mass is 15.1. The molecule has 1 heterocycles. The number of aryl methyl sites for hydroxylation is 1. The van der Waals surface area contributed by atoms with Crippen LogP contribution in [0.1, 0.15) is 17.0 Å². The molecule has 0 atom stereocenters. The molecule has 0 aliphatic rings. The quantitative estimate of drug-likeness (QED) is 0.820. The van der Waals surface area contributed by atoms with E-state index in [0.29, 0.717) is 0 Å². The average Bonchev–Trinajstić information content (AvgIpc) is 2.75. The van der Waals surface area contributed by atoms with E-state index in [1.54, 1.807) is 6.20 Å². The van der Waals surface area contributed by atoms with Crippen LogP contribution in [0.3, 0.4) is 0 Å². The Labute approximate surface area is 107 Å². The normalized spacial score (nSPS) is 10.6. The Bertz CT molecular complexity index is 565. The van der Waals surface area contributed by atoms with Crippen LogP contribution in [0, 0.1) is 11.3 Å². The summed E-state index contributed by atoms with van der Waals surface area (Å²) in [5.74, 6) is 1.02. The molecule has 92 valence electrons. The molecule has 0 spiro atoms. The fourth-order valence-electron chi connectivity index (χ4n) is 1.90. The third-order valence-corrected chi connectivity index (χ3v) is 2.91. The number of nitriles is 1. The van der Waals surface area contributed by atoms with Gasteiger partial charge in [-0.1, -0.05) is 18.2 Å². The molecule has 1 aromatic heterocycles. The molecular weight excluding hydrogens is 224 g/mol. The Hall–Kier alpha value is -2.12. The summed E-state index contributed by atoms with van der Waals surface area (Å²) in [6.07, 6.45) is 3.73. The van der Waals surface area contributed by atoms with Gasteiger partial charge in [-0.2, -0.15) is 5.26 Å². The standard InChI is InChI=1S/C14H16N4/c1-17(11-14-16-7-8-18(14)2)10-13-6-4-3-5-12(13)9-15/h3-8H,10-11H2,1-2H3. The Morgan fingerprint density at radius 2 is 2.11 bits per heavy atom. The van der Waals surface area contributed by atoms with Crippen LogP contribution >= 0.6 is 0 Å². The van der Waals surface area contributed by atoms with Crippen molar-refractivity contribution in [3.8, 4) is 6.07 Å². The maximum absolute atomic E-state index is 9.05. The van der Waals surface area contributed by atoms with E-state index in [2.05, 4.69) is 16.0 Å². The summed E-state index contributed by atoms with van der Waals surface area (Å²) < 4.78 is 2.01. The van der Waals surface area contributed by atoms with E-state index in [9.17, 15) is 0 Å². The molecule has 2 rings (SSSR count). The van der Waals surface area contributed by atoms with Gasteiger partial charge in [0.2, 0.25) is 0 Å². The molecule has 0 fully saturated rings. The Kier molecular flexibility index (Phi) is 3.75. The molecule has 0 aliphatic carbocycles. The van der Waals surface area contributed by atoms with Crippen molar-refractivity contribution >= 4 is 0 Å². The number of aromatic nitrogens is 2. The summed E-state index contributed by atoms with van der Waals surface area (Å²) in [7, 11) is 4.02. The largest absolute Gasteiger partial charge is 0.337 e. The van der Waals surface area contributed by atoms with Crippen LogP contribution in [0.5, 0.6) is 0 Å². The zero-order valence-electron chi connectivity index (χ0n) is 10.7. The van der Waals surface area contributed by atoms with E-state index in [0.717, 1.165) is 30.0 Å². The molecule has 0 bridgehead atoms. The number of benzene rings is 1. The van der Waals surface area contributed by atoms with Crippen molar-refractivity contribution in [1.29, 1.82) is 5.26 Å². The van der Waals surface area contributed by atoms with Gasteiger partial charge in [-0.05, 0) is 18.7 Å². The molecule has 4 heteroatoms. The summed E-state index contributed by atoms with van der Waals surface area (Å²) in [6.45, 7) is 1.51. The predicted octanol–water partition coefficient (Wildman–Crippen LogP) is 1.92. The molecule has 0 aliphatic heterocycles. The van der Waals surface area contributed by atoms with Crippen molar-refractivity contribution in [3.05, 3.63) is 53.6 Å². The molecule has 0 saturated heterocycles. The van der Waals surface area contributed by atoms with Crippen molar-refractivity contribution in [2.75, 3.05) is 7.05 Å². The van der Waals surface area contributed by atoms with Gasteiger partial charge in [-0.25, -0.2) is 4.98 Å². The maximum atomic E-state index is 9.05. The highest BCUT2D eigenvalue weighted by Crippen LogP contribution is 2.11. The van der Waals surface area contributed by atoms with Gasteiger partial charge in [0.25, 0.3) is 0 Å². The Morgan fingerprint density at radius 1 is 1.33 bits per heavy atom. The van der Waals surface area contributed by atoms with E-state index in [1.165, 1.54) is 0 Å². The minimum absolute atomic E-state index is 0.740. The van der Waals surface area contributed by atoms with Crippen LogP contribution in [0.4, 0.5) is 0 Å². The number of imidazole rings is 1. The molecule has 0 amide bonds. The fraction of sp³-hybridized carbons (Fsp3) is 0.286. The van der Waals surface area contributed by atoms with Gasteiger partial charge in [-0.15, -0.1) is 0 Å². The van der Waals surface area contributed by atoms with Gasteiger partial charge in [0, 0.05) is 26.0 Å². The van der Waals surface area contributed by atoms with Gasteiger partial charge in [0.1, 0.15) is 5.82 Å². The first-order valence-corrected chi connectivity index (χ1v) is 5.83. The molecule has 2 aromatic rings. The molecular formula is C14H16N4. The van der Waals surface area contributed by atoms with Crippen molar-refractivity contribution in [1.82, 2.24) is 14.5 Å². The molecule has 0 unspecified atom stereocenters. The Morgan fingerprint density at radius 3 is 2.78 bits per heavy atom. The van der Waals surface area contributed by atoms with Crippen LogP contribution in [0.2, 0.25) is 0 Å². The summed E-state index contributed by atoms with van der Waals surface area (Å²) in [4.78, 5) is 6.45. The second-order valence-electron chi connectivity index (χ2n) is 4.40. The molecule has 18 heavy (non-hydrogen) atoms. The van der Waals surface area contributed by atoms with Crippen LogP contribution < -0.4 is 0 Å². The Balaban J connectivity index is 2.06. The predicted molar refractivity (Wildman–Crippen MR) is 69.5 cm³/mol. The third-order valence-electron chi connectivity index (χ3n) is 2.91. The highest BCUT2D eigenvalue weighted by Gasteiger charge is 2.07. The van der Waals surface area contributed by atoms with E-state index < -0.39 is 0 Å². The van der Waals surface area contributed by atoms with Gasteiger partial charge in [0.05, 0.1) is 18.2 Å². The number of nitrogens with zero attached hydrogens (tertiary/aromatic N) is 4. The van der Waals surface area contributed by atoms with E-state index >= 15 is 0 Å². The second-order valence-corrected chi connectivity index (χ2v) is 4.40. The summed E-state index contributed by atoms with van der Waals surface area (Å²) in [5.41, 5.74) is 1.79. The lowest BCUT2D eigenvalue weighted by Gasteiger charge is -2.17. The monoisotopic (exact) mass is 240 g/mol. The number of rotatable bonds is 4. The van der Waals surface area contributed by atoms with Crippen molar-refractivity contribution in [2.45, 2.75) is 13.1 Å². The zero-order chi connectivity index (χ0) is 13.0. The zero-order valence-corrected chi connectivity index (χ0v) is 10.7. The van der Waals surface area contributed by atoms with Gasteiger partial charge in [0.15, 0.2) is 0 Å². The first-order chi connectivity index (χ1) is 8.70. The lowest BCUT2D eigenvalue weighted by Crippen LogP contribution is -2.20.